The molecule has 2 fully saturated rings. The maximum absolute atomic E-state index is 6.45. The van der Waals surface area contributed by atoms with Crippen molar-refractivity contribution in [1.29, 1.82) is 0 Å². The van der Waals surface area contributed by atoms with E-state index in [0.29, 0.717) is 6.04 Å². The lowest BCUT2D eigenvalue weighted by molar-refractivity contribution is 0.195. The van der Waals surface area contributed by atoms with E-state index in [9.17, 15) is 0 Å². The van der Waals surface area contributed by atoms with Gasteiger partial charge in [-0.05, 0) is 55.8 Å². The van der Waals surface area contributed by atoms with Crippen molar-refractivity contribution in [3.63, 3.8) is 0 Å². The highest BCUT2D eigenvalue weighted by Crippen LogP contribution is 2.40. The standard InChI is InChI=1S/C17H26N2/c1-2-19-12-4-3-5-16(18)17(19)15-10-8-14(9-11-15)13-6-7-13/h8-11,13,16-17H,2-7,12,18H2,1H3. The van der Waals surface area contributed by atoms with Gasteiger partial charge in [0.2, 0.25) is 0 Å². The van der Waals surface area contributed by atoms with Crippen molar-refractivity contribution in [1.82, 2.24) is 4.90 Å². The molecule has 2 nitrogen and oxygen atoms in total. The summed E-state index contributed by atoms with van der Waals surface area (Å²) in [5.41, 5.74) is 9.38. The zero-order chi connectivity index (χ0) is 13.2. The van der Waals surface area contributed by atoms with Crippen LogP contribution in [-0.4, -0.2) is 24.0 Å². The first-order valence-corrected chi connectivity index (χ1v) is 7.89. The Balaban J connectivity index is 1.83. The molecular formula is C17H26N2. The number of nitrogens with zero attached hydrogens (tertiary/aromatic N) is 1. The summed E-state index contributed by atoms with van der Waals surface area (Å²) in [5, 5.41) is 0. The number of rotatable bonds is 3. The smallest absolute Gasteiger partial charge is 0.0499 e. The lowest BCUT2D eigenvalue weighted by Gasteiger charge is -2.33. The fraction of sp³-hybridized carbons (Fsp3) is 0.647. The summed E-state index contributed by atoms with van der Waals surface area (Å²) >= 11 is 0. The largest absolute Gasteiger partial charge is 0.326 e. The van der Waals surface area contributed by atoms with E-state index in [0.717, 1.165) is 18.9 Å². The van der Waals surface area contributed by atoms with E-state index >= 15 is 0 Å². The zero-order valence-corrected chi connectivity index (χ0v) is 12.0. The predicted octanol–water partition coefficient (Wildman–Crippen LogP) is 3.44. The second kappa shape index (κ2) is 5.64. The molecule has 2 unspecified atom stereocenters. The molecule has 19 heavy (non-hydrogen) atoms. The molecule has 1 saturated heterocycles. The SMILES string of the molecule is CCN1CCCCC(N)C1c1ccc(C2CC2)cc1. The maximum Gasteiger partial charge on any atom is 0.0499 e. The van der Waals surface area contributed by atoms with Gasteiger partial charge in [-0.3, -0.25) is 4.90 Å². The van der Waals surface area contributed by atoms with Crippen LogP contribution >= 0.6 is 0 Å². The van der Waals surface area contributed by atoms with E-state index in [2.05, 4.69) is 36.1 Å². The summed E-state index contributed by atoms with van der Waals surface area (Å²) < 4.78 is 0. The van der Waals surface area contributed by atoms with Gasteiger partial charge in [0, 0.05) is 12.1 Å². The van der Waals surface area contributed by atoms with Crippen molar-refractivity contribution in [3.8, 4) is 0 Å². The van der Waals surface area contributed by atoms with Gasteiger partial charge < -0.3 is 5.73 Å². The van der Waals surface area contributed by atoms with Crippen LogP contribution in [0.4, 0.5) is 0 Å². The molecule has 0 bridgehead atoms. The van der Waals surface area contributed by atoms with Crippen LogP contribution in [-0.2, 0) is 0 Å². The van der Waals surface area contributed by atoms with Gasteiger partial charge in [-0.15, -0.1) is 0 Å². The summed E-state index contributed by atoms with van der Waals surface area (Å²) in [4.78, 5) is 2.56. The minimum Gasteiger partial charge on any atom is -0.326 e. The minimum absolute atomic E-state index is 0.286. The Kier molecular flexibility index (Phi) is 3.90. The van der Waals surface area contributed by atoms with Crippen LogP contribution in [0.5, 0.6) is 0 Å². The number of nitrogens with two attached hydrogens (primary N) is 1. The van der Waals surface area contributed by atoms with Crippen LogP contribution in [0.1, 0.15) is 62.1 Å². The van der Waals surface area contributed by atoms with Gasteiger partial charge in [-0.25, -0.2) is 0 Å². The molecule has 0 aromatic heterocycles. The Morgan fingerprint density at radius 2 is 1.74 bits per heavy atom. The molecule has 1 aliphatic heterocycles. The molecule has 2 aliphatic rings. The van der Waals surface area contributed by atoms with E-state index in [1.165, 1.54) is 43.4 Å². The molecule has 1 saturated carbocycles. The first-order valence-electron chi connectivity index (χ1n) is 7.89. The first kappa shape index (κ1) is 13.1. The second-order valence-corrected chi connectivity index (χ2v) is 6.17. The third-order valence-corrected chi connectivity index (χ3v) is 4.76. The van der Waals surface area contributed by atoms with Crippen molar-refractivity contribution >= 4 is 0 Å². The molecule has 2 N–H and O–H groups in total. The Morgan fingerprint density at radius 1 is 1.05 bits per heavy atom. The lowest BCUT2D eigenvalue weighted by Crippen LogP contribution is -2.39. The first-order chi connectivity index (χ1) is 9.29. The highest BCUT2D eigenvalue weighted by molar-refractivity contribution is 5.30. The third-order valence-electron chi connectivity index (χ3n) is 4.76. The van der Waals surface area contributed by atoms with E-state index in [1.807, 2.05) is 0 Å². The number of benzene rings is 1. The van der Waals surface area contributed by atoms with Gasteiger partial charge in [0.1, 0.15) is 0 Å². The highest BCUT2D eigenvalue weighted by atomic mass is 15.2. The molecule has 3 rings (SSSR count). The molecule has 1 aromatic rings. The Bertz CT molecular complexity index is 408. The fourth-order valence-electron chi connectivity index (χ4n) is 3.46. The van der Waals surface area contributed by atoms with Crippen LogP contribution in [0.15, 0.2) is 24.3 Å². The average molecular weight is 258 g/mol. The van der Waals surface area contributed by atoms with Crippen LogP contribution in [0, 0.1) is 0 Å². The van der Waals surface area contributed by atoms with Crippen LogP contribution in [0.25, 0.3) is 0 Å². The van der Waals surface area contributed by atoms with Crippen LogP contribution in [0.2, 0.25) is 0 Å². The summed E-state index contributed by atoms with van der Waals surface area (Å²) in [6.07, 6.45) is 6.48. The zero-order valence-electron chi connectivity index (χ0n) is 12.0. The molecule has 104 valence electrons. The normalized spacial score (nSPS) is 29.2. The van der Waals surface area contributed by atoms with Crippen molar-refractivity contribution in [2.45, 2.75) is 57.0 Å². The molecule has 0 radical (unpaired) electrons. The van der Waals surface area contributed by atoms with Crippen molar-refractivity contribution in [2.75, 3.05) is 13.1 Å². The van der Waals surface area contributed by atoms with Crippen LogP contribution < -0.4 is 5.73 Å². The molecule has 0 amide bonds. The number of likely N-dealkylation sites (tertiary alicyclic amines) is 1. The highest BCUT2D eigenvalue weighted by Gasteiger charge is 2.28. The maximum atomic E-state index is 6.45. The van der Waals surface area contributed by atoms with Crippen molar-refractivity contribution in [2.24, 2.45) is 5.73 Å². The Hall–Kier alpha value is -0.860. The van der Waals surface area contributed by atoms with Gasteiger partial charge >= 0.3 is 0 Å². The Labute approximate surface area is 117 Å². The second-order valence-electron chi connectivity index (χ2n) is 6.17. The molecule has 2 heteroatoms. The molecular weight excluding hydrogens is 232 g/mol. The molecule has 1 heterocycles. The quantitative estimate of drug-likeness (QED) is 0.900. The monoisotopic (exact) mass is 258 g/mol. The Morgan fingerprint density at radius 3 is 2.37 bits per heavy atom. The van der Waals surface area contributed by atoms with E-state index < -0.39 is 0 Å². The van der Waals surface area contributed by atoms with Gasteiger partial charge in [-0.2, -0.15) is 0 Å². The molecule has 1 aromatic carbocycles. The molecule has 0 spiro atoms. The number of likely N-dealkylation sites (N-methyl/N-ethyl adjacent to an activating group) is 1. The minimum atomic E-state index is 0.286. The lowest BCUT2D eigenvalue weighted by atomic mass is 9.95. The van der Waals surface area contributed by atoms with E-state index in [4.69, 9.17) is 5.73 Å². The van der Waals surface area contributed by atoms with Gasteiger partial charge in [-0.1, -0.05) is 37.6 Å². The van der Waals surface area contributed by atoms with Crippen molar-refractivity contribution < 1.29 is 0 Å². The van der Waals surface area contributed by atoms with Crippen molar-refractivity contribution in [3.05, 3.63) is 35.4 Å². The van der Waals surface area contributed by atoms with E-state index in [-0.39, 0.29) is 6.04 Å². The van der Waals surface area contributed by atoms with Gasteiger partial charge in [0.05, 0.1) is 0 Å². The van der Waals surface area contributed by atoms with Crippen LogP contribution in [0.3, 0.4) is 0 Å². The summed E-state index contributed by atoms with van der Waals surface area (Å²) in [6.45, 7) is 4.55. The summed E-state index contributed by atoms with van der Waals surface area (Å²) in [5.74, 6) is 0.846. The molecule has 1 aliphatic carbocycles. The van der Waals surface area contributed by atoms with Gasteiger partial charge in [0.15, 0.2) is 0 Å². The number of hydrogen-bond acceptors (Lipinski definition) is 2. The average Bonchev–Trinajstić information content (AvgIpc) is 3.26. The molecule has 2 atom stereocenters. The third kappa shape index (κ3) is 2.85. The fourth-order valence-corrected chi connectivity index (χ4v) is 3.46. The summed E-state index contributed by atoms with van der Waals surface area (Å²) in [6, 6.07) is 10.0. The number of hydrogen-bond donors (Lipinski definition) is 1. The van der Waals surface area contributed by atoms with E-state index in [1.54, 1.807) is 0 Å². The summed E-state index contributed by atoms with van der Waals surface area (Å²) in [7, 11) is 0. The van der Waals surface area contributed by atoms with Gasteiger partial charge in [0.25, 0.3) is 0 Å². The predicted molar refractivity (Wildman–Crippen MR) is 80.2 cm³/mol. The topological polar surface area (TPSA) is 29.3 Å².